The zero-order chi connectivity index (χ0) is 15.1. The van der Waals surface area contributed by atoms with Gasteiger partial charge in [0.15, 0.2) is 0 Å². The first-order chi connectivity index (χ1) is 10.2. The molecule has 1 aliphatic rings. The van der Waals surface area contributed by atoms with Crippen molar-refractivity contribution in [2.24, 2.45) is 5.92 Å². The molecular weight excluding hydrogens is 286 g/mol. The van der Waals surface area contributed by atoms with Crippen LogP contribution in [0, 0.1) is 5.92 Å². The van der Waals surface area contributed by atoms with Gasteiger partial charge >= 0.3 is 0 Å². The molecule has 1 N–H and O–H groups in total. The van der Waals surface area contributed by atoms with Crippen LogP contribution in [0.2, 0.25) is 0 Å². The molecule has 1 aliphatic carbocycles. The van der Waals surface area contributed by atoms with Crippen LogP contribution in [0.3, 0.4) is 0 Å². The van der Waals surface area contributed by atoms with E-state index in [-0.39, 0.29) is 5.91 Å². The van der Waals surface area contributed by atoms with Gasteiger partial charge in [-0.3, -0.25) is 4.79 Å². The summed E-state index contributed by atoms with van der Waals surface area (Å²) in [7, 11) is 1.62. The van der Waals surface area contributed by atoms with Gasteiger partial charge < -0.3 is 10.1 Å². The second kappa shape index (κ2) is 8.28. The third kappa shape index (κ3) is 4.92. The number of hydrogen-bond donors (Lipinski definition) is 1. The summed E-state index contributed by atoms with van der Waals surface area (Å²) in [5, 5.41) is 2.32. The monoisotopic (exact) mass is 309 g/mol. The molecule has 0 spiro atoms. The van der Waals surface area contributed by atoms with Gasteiger partial charge in [0, 0.05) is 6.54 Å². The van der Waals surface area contributed by atoms with Gasteiger partial charge in [-0.05, 0) is 30.0 Å². The smallest absolute Gasteiger partial charge is 0.242 e. The summed E-state index contributed by atoms with van der Waals surface area (Å²) >= 11 is 6.22. The maximum atomic E-state index is 12.1. The molecule has 1 amide bonds. The molecule has 0 aromatic heterocycles. The highest BCUT2D eigenvalue weighted by Crippen LogP contribution is 2.26. The lowest BCUT2D eigenvalue weighted by atomic mass is 9.87. The Morgan fingerprint density at radius 1 is 1.29 bits per heavy atom. The average Bonchev–Trinajstić information content (AvgIpc) is 2.55. The normalized spacial score (nSPS) is 17.2. The highest BCUT2D eigenvalue weighted by Gasteiger charge is 2.18. The minimum atomic E-state index is -0.637. The number of methoxy groups -OCH3 is 1. The summed E-state index contributed by atoms with van der Waals surface area (Å²) < 4.78 is 5.10. The number of benzene rings is 1. The quantitative estimate of drug-likeness (QED) is 0.805. The van der Waals surface area contributed by atoms with E-state index in [0.717, 1.165) is 30.2 Å². The molecule has 2 rings (SSSR count). The molecule has 4 heteroatoms. The Morgan fingerprint density at radius 3 is 2.57 bits per heavy atom. The van der Waals surface area contributed by atoms with Crippen molar-refractivity contribution >= 4 is 17.5 Å². The van der Waals surface area contributed by atoms with Crippen molar-refractivity contribution in [3.63, 3.8) is 0 Å². The standard InChI is InChI=1S/C17H24ClNO2/c1-21-15-9-7-14(8-10-15)16(18)17(20)19-12-11-13-5-3-2-4-6-13/h7-10,13,16H,2-6,11-12H2,1H3,(H,19,20). The molecule has 1 unspecified atom stereocenters. The zero-order valence-electron chi connectivity index (χ0n) is 12.6. The molecule has 1 aromatic carbocycles. The molecule has 3 nitrogen and oxygen atoms in total. The Bertz CT molecular complexity index is 441. The summed E-state index contributed by atoms with van der Waals surface area (Å²) in [6.07, 6.45) is 7.71. The average molecular weight is 310 g/mol. The number of nitrogens with one attached hydrogen (secondary N) is 1. The largest absolute Gasteiger partial charge is 0.497 e. The lowest BCUT2D eigenvalue weighted by Crippen LogP contribution is -2.29. The fourth-order valence-corrected chi connectivity index (χ4v) is 3.11. The molecule has 1 saturated carbocycles. The van der Waals surface area contributed by atoms with Gasteiger partial charge in [-0.25, -0.2) is 0 Å². The first kappa shape index (κ1) is 16.2. The molecule has 1 aromatic rings. The van der Waals surface area contributed by atoms with Crippen molar-refractivity contribution in [2.75, 3.05) is 13.7 Å². The van der Waals surface area contributed by atoms with Gasteiger partial charge in [-0.15, -0.1) is 11.6 Å². The van der Waals surface area contributed by atoms with E-state index in [1.54, 1.807) is 7.11 Å². The summed E-state index contributed by atoms with van der Waals surface area (Å²) in [4.78, 5) is 12.1. The van der Waals surface area contributed by atoms with Crippen LogP contribution >= 0.6 is 11.6 Å². The Hall–Kier alpha value is -1.22. The molecule has 1 atom stereocenters. The first-order valence-corrected chi connectivity index (χ1v) is 8.20. The van der Waals surface area contributed by atoms with Crippen LogP contribution in [-0.2, 0) is 4.79 Å². The van der Waals surface area contributed by atoms with Crippen LogP contribution in [0.25, 0.3) is 0 Å². The van der Waals surface area contributed by atoms with Crippen LogP contribution < -0.4 is 10.1 Å². The number of alkyl halides is 1. The molecule has 0 heterocycles. The third-order valence-electron chi connectivity index (χ3n) is 4.22. The summed E-state index contributed by atoms with van der Waals surface area (Å²) in [5.74, 6) is 1.42. The maximum Gasteiger partial charge on any atom is 0.242 e. The molecule has 0 saturated heterocycles. The van der Waals surface area contributed by atoms with Gasteiger partial charge in [0.05, 0.1) is 7.11 Å². The van der Waals surface area contributed by atoms with Gasteiger partial charge in [0.2, 0.25) is 5.91 Å². The van der Waals surface area contributed by atoms with E-state index < -0.39 is 5.38 Å². The van der Waals surface area contributed by atoms with Crippen molar-refractivity contribution in [3.05, 3.63) is 29.8 Å². The third-order valence-corrected chi connectivity index (χ3v) is 4.67. The first-order valence-electron chi connectivity index (χ1n) is 7.76. The topological polar surface area (TPSA) is 38.3 Å². The van der Waals surface area contributed by atoms with Gasteiger partial charge in [-0.1, -0.05) is 44.2 Å². The second-order valence-electron chi connectivity index (χ2n) is 5.72. The number of amides is 1. The van der Waals surface area contributed by atoms with Crippen LogP contribution in [0.15, 0.2) is 24.3 Å². The van der Waals surface area contributed by atoms with Crippen molar-refractivity contribution in [1.82, 2.24) is 5.32 Å². The van der Waals surface area contributed by atoms with Gasteiger partial charge in [-0.2, -0.15) is 0 Å². The van der Waals surface area contributed by atoms with E-state index in [0.29, 0.717) is 0 Å². The Morgan fingerprint density at radius 2 is 1.95 bits per heavy atom. The van der Waals surface area contributed by atoms with Crippen LogP contribution in [0.1, 0.15) is 49.5 Å². The Kier molecular flexibility index (Phi) is 6.37. The highest BCUT2D eigenvalue weighted by molar-refractivity contribution is 6.30. The number of rotatable bonds is 6. The van der Waals surface area contributed by atoms with Crippen molar-refractivity contribution < 1.29 is 9.53 Å². The van der Waals surface area contributed by atoms with Crippen molar-refractivity contribution in [2.45, 2.75) is 43.9 Å². The summed E-state index contributed by atoms with van der Waals surface area (Å²) in [6, 6.07) is 7.30. The number of carbonyl (C=O) groups excluding carboxylic acids is 1. The van der Waals surface area contributed by atoms with Crippen LogP contribution in [0.4, 0.5) is 0 Å². The molecule has 0 radical (unpaired) electrons. The van der Waals surface area contributed by atoms with Crippen LogP contribution in [0.5, 0.6) is 5.75 Å². The number of halogens is 1. The molecular formula is C17H24ClNO2. The van der Waals surface area contributed by atoms with E-state index in [1.165, 1.54) is 32.1 Å². The van der Waals surface area contributed by atoms with Crippen molar-refractivity contribution in [1.29, 1.82) is 0 Å². The SMILES string of the molecule is COc1ccc(C(Cl)C(=O)NCCC2CCCCC2)cc1. The van der Waals surface area contributed by atoms with E-state index >= 15 is 0 Å². The maximum absolute atomic E-state index is 12.1. The number of ether oxygens (including phenoxy) is 1. The fourth-order valence-electron chi connectivity index (χ4n) is 2.89. The van der Waals surface area contributed by atoms with E-state index in [4.69, 9.17) is 16.3 Å². The molecule has 0 bridgehead atoms. The molecule has 0 aliphatic heterocycles. The summed E-state index contributed by atoms with van der Waals surface area (Å²) in [6.45, 7) is 0.725. The summed E-state index contributed by atoms with van der Waals surface area (Å²) in [5.41, 5.74) is 0.799. The van der Waals surface area contributed by atoms with E-state index in [2.05, 4.69) is 5.32 Å². The minimum Gasteiger partial charge on any atom is -0.497 e. The minimum absolute atomic E-state index is 0.113. The Balaban J connectivity index is 1.76. The lowest BCUT2D eigenvalue weighted by molar-refractivity contribution is -0.120. The fraction of sp³-hybridized carbons (Fsp3) is 0.588. The highest BCUT2D eigenvalue weighted by atomic mass is 35.5. The predicted octanol–water partition coefficient (Wildman–Crippen LogP) is 4.06. The van der Waals surface area contributed by atoms with Gasteiger partial charge in [0.1, 0.15) is 11.1 Å². The predicted molar refractivity (Wildman–Crippen MR) is 85.8 cm³/mol. The second-order valence-corrected chi connectivity index (χ2v) is 6.16. The lowest BCUT2D eigenvalue weighted by Gasteiger charge is -2.21. The van der Waals surface area contributed by atoms with E-state index in [9.17, 15) is 4.79 Å². The van der Waals surface area contributed by atoms with Gasteiger partial charge in [0.25, 0.3) is 0 Å². The Labute approximate surface area is 132 Å². The van der Waals surface area contributed by atoms with Crippen LogP contribution in [-0.4, -0.2) is 19.6 Å². The zero-order valence-corrected chi connectivity index (χ0v) is 13.4. The molecule has 21 heavy (non-hydrogen) atoms. The molecule has 1 fully saturated rings. The van der Waals surface area contributed by atoms with Crippen molar-refractivity contribution in [3.8, 4) is 5.75 Å². The molecule has 116 valence electrons. The number of carbonyl (C=O) groups is 1. The number of hydrogen-bond acceptors (Lipinski definition) is 2. The van der Waals surface area contributed by atoms with E-state index in [1.807, 2.05) is 24.3 Å².